The second-order valence-electron chi connectivity index (χ2n) is 10.8. The van der Waals surface area contributed by atoms with Crippen LogP contribution in [0, 0.1) is 0 Å². The lowest BCUT2D eigenvalue weighted by atomic mass is 10.1. The molecule has 4 rings (SSSR count). The average molecular weight is 734 g/mol. The maximum absolute atomic E-state index is 12.4. The molecule has 4 aromatic carbocycles. The van der Waals surface area contributed by atoms with Gasteiger partial charge < -0.3 is 18.9 Å². The Morgan fingerprint density at radius 2 is 0.961 bits per heavy atom. The maximum Gasteiger partial charge on any atom is 0.343 e. The van der Waals surface area contributed by atoms with Gasteiger partial charge in [-0.3, -0.25) is 9.59 Å². The number of benzene rings is 4. The fourth-order valence-corrected chi connectivity index (χ4v) is 4.66. The van der Waals surface area contributed by atoms with Crippen LogP contribution in [0.5, 0.6) is 23.0 Å². The quantitative estimate of drug-likeness (QED) is 0.0411. The highest BCUT2D eigenvalue weighted by Gasteiger charge is 2.14. The number of halogens is 2. The van der Waals surface area contributed by atoms with Gasteiger partial charge in [0.2, 0.25) is 11.8 Å². The molecule has 0 heterocycles. The first-order valence-electron chi connectivity index (χ1n) is 15.6. The van der Waals surface area contributed by atoms with Crippen LogP contribution in [0.15, 0.2) is 95.1 Å². The van der Waals surface area contributed by atoms with Gasteiger partial charge >= 0.3 is 11.9 Å². The molecule has 0 aliphatic carbocycles. The zero-order chi connectivity index (χ0) is 36.6. The first kappa shape index (κ1) is 38.1. The van der Waals surface area contributed by atoms with Crippen molar-refractivity contribution in [1.29, 1.82) is 0 Å². The zero-order valence-electron chi connectivity index (χ0n) is 27.7. The molecule has 0 aliphatic heterocycles. The molecular weight excluding hydrogens is 699 g/mol. The molecule has 0 fully saturated rings. The van der Waals surface area contributed by atoms with E-state index in [2.05, 4.69) is 21.1 Å². The minimum atomic E-state index is -0.564. The summed E-state index contributed by atoms with van der Waals surface area (Å²) in [6.07, 6.45) is 5.12. The van der Waals surface area contributed by atoms with Crippen molar-refractivity contribution in [2.24, 2.45) is 10.2 Å². The topological polar surface area (TPSA) is 154 Å². The van der Waals surface area contributed by atoms with Gasteiger partial charge in [-0.2, -0.15) is 10.2 Å². The molecule has 0 saturated carbocycles. The minimum absolute atomic E-state index is 0.224. The Balaban J connectivity index is 1.12. The predicted molar refractivity (Wildman–Crippen MR) is 193 cm³/mol. The molecule has 2 N–H and O–H groups in total. The molecule has 264 valence electrons. The normalized spacial score (nSPS) is 10.9. The number of hydrazone groups is 2. The van der Waals surface area contributed by atoms with E-state index >= 15 is 0 Å². The van der Waals surface area contributed by atoms with Crippen LogP contribution in [0.2, 0.25) is 10.0 Å². The summed E-state index contributed by atoms with van der Waals surface area (Å²) in [5.41, 5.74) is 6.84. The van der Waals surface area contributed by atoms with Gasteiger partial charge in [-0.25, -0.2) is 20.4 Å². The van der Waals surface area contributed by atoms with Crippen LogP contribution in [-0.2, 0) is 9.59 Å². The number of ether oxygens (including phenoxy) is 4. The Morgan fingerprint density at radius 1 is 0.569 bits per heavy atom. The number of methoxy groups -OCH3 is 2. The molecule has 0 spiro atoms. The lowest BCUT2D eigenvalue weighted by molar-refractivity contribution is -0.121. The number of hydrogen-bond donors (Lipinski definition) is 2. The van der Waals surface area contributed by atoms with Crippen molar-refractivity contribution in [2.45, 2.75) is 32.1 Å². The summed E-state index contributed by atoms with van der Waals surface area (Å²) >= 11 is 11.7. The van der Waals surface area contributed by atoms with Crippen LogP contribution in [0.1, 0.15) is 63.9 Å². The molecule has 4 aromatic rings. The van der Waals surface area contributed by atoms with Gasteiger partial charge in [0.25, 0.3) is 0 Å². The largest absolute Gasteiger partial charge is 0.493 e. The highest BCUT2D eigenvalue weighted by molar-refractivity contribution is 6.31. The molecule has 0 aromatic heterocycles. The van der Waals surface area contributed by atoms with Gasteiger partial charge in [0.15, 0.2) is 23.0 Å². The molecule has 0 unspecified atom stereocenters. The summed E-state index contributed by atoms with van der Waals surface area (Å²) in [5.74, 6) is -0.607. The number of carbonyl (C=O) groups is 4. The fraction of sp³-hybridized carbons (Fsp3) is 0.189. The van der Waals surface area contributed by atoms with E-state index in [0.717, 1.165) is 0 Å². The summed E-state index contributed by atoms with van der Waals surface area (Å²) < 4.78 is 21.6. The number of hydrogen-bond acceptors (Lipinski definition) is 10. The summed E-state index contributed by atoms with van der Waals surface area (Å²) in [5, 5.41) is 8.97. The third kappa shape index (κ3) is 12.3. The van der Waals surface area contributed by atoms with Gasteiger partial charge in [0.1, 0.15) is 0 Å². The Kier molecular flexibility index (Phi) is 14.5. The van der Waals surface area contributed by atoms with Crippen LogP contribution in [0.25, 0.3) is 0 Å². The number of nitrogens with one attached hydrogen (secondary N) is 2. The van der Waals surface area contributed by atoms with Crippen LogP contribution in [0.4, 0.5) is 0 Å². The van der Waals surface area contributed by atoms with E-state index in [1.807, 2.05) is 0 Å². The Morgan fingerprint density at radius 3 is 1.33 bits per heavy atom. The molecule has 14 heteroatoms. The van der Waals surface area contributed by atoms with Gasteiger partial charge in [-0.05, 0) is 109 Å². The monoisotopic (exact) mass is 732 g/mol. The van der Waals surface area contributed by atoms with Crippen molar-refractivity contribution >= 4 is 59.4 Å². The summed E-state index contributed by atoms with van der Waals surface area (Å²) in [6.45, 7) is 0. The van der Waals surface area contributed by atoms with E-state index in [0.29, 0.717) is 63.1 Å². The highest BCUT2D eigenvalue weighted by Crippen LogP contribution is 2.30. The van der Waals surface area contributed by atoms with E-state index in [9.17, 15) is 19.2 Å². The third-order valence-electron chi connectivity index (χ3n) is 7.05. The van der Waals surface area contributed by atoms with E-state index in [4.69, 9.17) is 42.1 Å². The van der Waals surface area contributed by atoms with Gasteiger partial charge in [0, 0.05) is 22.9 Å². The van der Waals surface area contributed by atoms with E-state index in [-0.39, 0.29) is 36.2 Å². The smallest absolute Gasteiger partial charge is 0.343 e. The summed E-state index contributed by atoms with van der Waals surface area (Å²) in [7, 11) is 2.89. The highest BCUT2D eigenvalue weighted by atomic mass is 35.5. The first-order valence-corrected chi connectivity index (χ1v) is 16.4. The second-order valence-corrected chi connectivity index (χ2v) is 11.6. The summed E-state index contributed by atoms with van der Waals surface area (Å²) in [6, 6.07) is 22.3. The Labute approximate surface area is 304 Å². The molecule has 51 heavy (non-hydrogen) atoms. The first-order chi connectivity index (χ1) is 24.6. The van der Waals surface area contributed by atoms with E-state index in [1.54, 1.807) is 84.9 Å². The van der Waals surface area contributed by atoms with Gasteiger partial charge in [-0.1, -0.05) is 29.6 Å². The molecule has 0 atom stereocenters. The van der Waals surface area contributed by atoms with E-state index in [1.165, 1.54) is 26.6 Å². The van der Waals surface area contributed by atoms with Crippen LogP contribution in [0.3, 0.4) is 0 Å². The standard InChI is InChI=1S/C37H34Cl2N4O8/c1-48-32-20-24(8-18-30(32)50-36(46)26-10-14-28(38)15-11-26)22-40-42-34(44)6-4-3-5-7-35(45)43-41-23-25-9-19-31(33(21-25)49-2)51-37(47)27-12-16-29(39)17-13-27/h8-23H,3-7H2,1-2H3,(H,42,44)(H,43,45)/b40-22-,41-23-. The Hall–Kier alpha value is -5.72. The lowest BCUT2D eigenvalue weighted by Crippen LogP contribution is -2.18. The molecule has 2 amide bonds. The lowest BCUT2D eigenvalue weighted by Gasteiger charge is -2.10. The second kappa shape index (κ2) is 19.5. The molecule has 0 radical (unpaired) electrons. The van der Waals surface area contributed by atoms with Crippen molar-refractivity contribution < 1.29 is 38.1 Å². The third-order valence-corrected chi connectivity index (χ3v) is 7.56. The fourth-order valence-electron chi connectivity index (χ4n) is 4.40. The number of carbonyl (C=O) groups excluding carboxylic acids is 4. The number of nitrogens with zero attached hydrogens (tertiary/aromatic N) is 2. The number of esters is 2. The molecule has 12 nitrogen and oxygen atoms in total. The zero-order valence-corrected chi connectivity index (χ0v) is 29.2. The van der Waals surface area contributed by atoms with Crippen molar-refractivity contribution in [3.8, 4) is 23.0 Å². The van der Waals surface area contributed by atoms with Crippen molar-refractivity contribution in [1.82, 2.24) is 10.9 Å². The molecule has 0 bridgehead atoms. The molecule has 0 saturated heterocycles. The summed E-state index contributed by atoms with van der Waals surface area (Å²) in [4.78, 5) is 49.3. The van der Waals surface area contributed by atoms with Crippen molar-refractivity contribution in [3.63, 3.8) is 0 Å². The number of amides is 2. The number of unbranched alkanes of at least 4 members (excludes halogenated alkanes) is 2. The van der Waals surface area contributed by atoms with E-state index < -0.39 is 11.9 Å². The average Bonchev–Trinajstić information content (AvgIpc) is 3.13. The maximum atomic E-state index is 12.4. The predicted octanol–water partition coefficient (Wildman–Crippen LogP) is 7.00. The van der Waals surface area contributed by atoms with Crippen LogP contribution in [-0.4, -0.2) is 50.4 Å². The van der Waals surface area contributed by atoms with Gasteiger partial charge in [0.05, 0.1) is 37.8 Å². The minimum Gasteiger partial charge on any atom is -0.493 e. The SMILES string of the molecule is COc1cc(/C=N\NC(=O)CCCCCC(=O)N/N=C\c2ccc(OC(=O)c3ccc(Cl)cc3)c(OC)c2)ccc1OC(=O)c1ccc(Cl)cc1. The number of rotatable bonds is 16. The van der Waals surface area contributed by atoms with Crippen molar-refractivity contribution in [2.75, 3.05) is 14.2 Å². The molecule has 0 aliphatic rings. The van der Waals surface area contributed by atoms with Gasteiger partial charge in [-0.15, -0.1) is 0 Å². The van der Waals surface area contributed by atoms with Crippen LogP contribution < -0.4 is 29.8 Å². The molecular formula is C37H34Cl2N4O8. The van der Waals surface area contributed by atoms with Crippen molar-refractivity contribution in [3.05, 3.63) is 117 Å². The van der Waals surface area contributed by atoms with Crippen LogP contribution >= 0.6 is 23.2 Å². The Bertz CT molecular complexity index is 1760.